The maximum Gasteiger partial charge on any atom is 0.331 e. The summed E-state index contributed by atoms with van der Waals surface area (Å²) in [5, 5.41) is 11.1. The Morgan fingerprint density at radius 3 is 2.29 bits per heavy atom. The van der Waals surface area contributed by atoms with Gasteiger partial charge in [0.05, 0.1) is 28.9 Å². The van der Waals surface area contributed by atoms with Crippen molar-refractivity contribution in [1.29, 1.82) is 0 Å². The van der Waals surface area contributed by atoms with E-state index in [1.165, 1.54) is 17.2 Å². The lowest BCUT2D eigenvalue weighted by atomic mass is 9.86. The molecule has 5 rings (SSSR count). The fraction of sp³-hybridized carbons (Fsp3) is 0.333. The van der Waals surface area contributed by atoms with Crippen LogP contribution in [0.25, 0.3) is 22.2 Å². The van der Waals surface area contributed by atoms with Gasteiger partial charge in [-0.15, -0.1) is 0 Å². The number of ether oxygens (including phenoxy) is 1. The quantitative estimate of drug-likeness (QED) is 0.494. The topological polar surface area (TPSA) is 78.4 Å². The van der Waals surface area contributed by atoms with Crippen LogP contribution in [0.1, 0.15) is 43.7 Å². The number of fused-ring (bicyclic) bond motifs is 3. The van der Waals surface area contributed by atoms with Crippen molar-refractivity contribution in [3.8, 4) is 17.0 Å². The minimum absolute atomic E-state index is 0.00297. The van der Waals surface area contributed by atoms with Gasteiger partial charge in [-0.25, -0.2) is 4.79 Å². The number of aryl methyl sites for hydroxylation is 1. The Hall–Kier alpha value is -3.58. The molecule has 0 aliphatic carbocycles. The lowest BCUT2D eigenvalue weighted by Gasteiger charge is -2.28. The number of para-hydroxylation sites is 1. The lowest BCUT2D eigenvalue weighted by Crippen LogP contribution is -2.37. The van der Waals surface area contributed by atoms with Crippen LogP contribution >= 0.6 is 0 Å². The molecule has 2 aromatic heterocycles. The third kappa shape index (κ3) is 3.22. The van der Waals surface area contributed by atoms with E-state index in [0.717, 1.165) is 15.8 Å². The first-order valence-corrected chi connectivity index (χ1v) is 11.4. The predicted octanol–water partition coefficient (Wildman–Crippen LogP) is 3.83. The molecule has 0 spiro atoms. The third-order valence-electron chi connectivity index (χ3n) is 6.80. The maximum atomic E-state index is 13.5. The van der Waals surface area contributed by atoms with Gasteiger partial charge in [0.1, 0.15) is 11.9 Å². The molecule has 1 atom stereocenters. The van der Waals surface area contributed by atoms with E-state index in [-0.39, 0.29) is 16.7 Å². The summed E-state index contributed by atoms with van der Waals surface area (Å²) in [6, 6.07) is 15.3. The summed E-state index contributed by atoms with van der Waals surface area (Å²) < 4.78 is 10.9. The lowest BCUT2D eigenvalue weighted by molar-refractivity contribution is 0.0464. The average molecular weight is 460 g/mol. The second-order valence-electron chi connectivity index (χ2n) is 9.95. The molecule has 0 saturated carbocycles. The van der Waals surface area contributed by atoms with E-state index in [4.69, 9.17) is 4.74 Å². The Balaban J connectivity index is 1.89. The highest BCUT2D eigenvalue weighted by Crippen LogP contribution is 2.42. The summed E-state index contributed by atoms with van der Waals surface area (Å²) in [6.45, 7) is 7.43. The summed E-state index contributed by atoms with van der Waals surface area (Å²) in [5.41, 5.74) is 3.97. The molecule has 0 radical (unpaired) electrons. The number of rotatable bonds is 2. The molecule has 1 aliphatic heterocycles. The summed E-state index contributed by atoms with van der Waals surface area (Å²) in [7, 11) is 3.18. The monoisotopic (exact) mass is 459 g/mol. The third-order valence-corrected chi connectivity index (χ3v) is 6.80. The van der Waals surface area contributed by atoms with Crippen molar-refractivity contribution in [1.82, 2.24) is 13.7 Å². The van der Waals surface area contributed by atoms with Crippen molar-refractivity contribution in [2.45, 2.75) is 38.8 Å². The van der Waals surface area contributed by atoms with Crippen molar-refractivity contribution in [3.05, 3.63) is 86.2 Å². The van der Waals surface area contributed by atoms with Crippen LogP contribution in [-0.2, 0) is 30.8 Å². The Kier molecular flexibility index (Phi) is 5.06. The molecule has 7 nitrogen and oxygen atoms in total. The predicted molar refractivity (Wildman–Crippen MR) is 132 cm³/mol. The van der Waals surface area contributed by atoms with E-state index in [9.17, 15) is 14.7 Å². The van der Waals surface area contributed by atoms with E-state index in [2.05, 4.69) is 37.5 Å². The number of phenolic OH excluding ortho intramolecular Hbond substituents is 1. The first-order valence-electron chi connectivity index (χ1n) is 11.4. The van der Waals surface area contributed by atoms with Crippen molar-refractivity contribution in [2.75, 3.05) is 6.61 Å². The highest BCUT2D eigenvalue weighted by atomic mass is 16.5. The fourth-order valence-electron chi connectivity index (χ4n) is 4.95. The van der Waals surface area contributed by atoms with E-state index in [1.54, 1.807) is 19.2 Å². The number of aromatic nitrogens is 3. The second kappa shape index (κ2) is 7.74. The molecule has 2 aromatic carbocycles. The Morgan fingerprint density at radius 2 is 1.65 bits per heavy atom. The second-order valence-corrected chi connectivity index (χ2v) is 9.95. The molecule has 34 heavy (non-hydrogen) atoms. The first-order chi connectivity index (χ1) is 16.1. The van der Waals surface area contributed by atoms with E-state index in [1.807, 2.05) is 24.3 Å². The van der Waals surface area contributed by atoms with Gasteiger partial charge in [-0.2, -0.15) is 0 Å². The smallest absolute Gasteiger partial charge is 0.331 e. The van der Waals surface area contributed by atoms with Crippen LogP contribution in [0.2, 0.25) is 0 Å². The van der Waals surface area contributed by atoms with Gasteiger partial charge in [-0.05, 0) is 22.6 Å². The first kappa shape index (κ1) is 22.2. The van der Waals surface area contributed by atoms with Crippen LogP contribution in [0.3, 0.4) is 0 Å². The number of benzene rings is 2. The molecular weight excluding hydrogens is 430 g/mol. The molecule has 0 amide bonds. The van der Waals surface area contributed by atoms with Crippen molar-refractivity contribution >= 4 is 10.9 Å². The summed E-state index contributed by atoms with van der Waals surface area (Å²) >= 11 is 0. The fourth-order valence-corrected chi connectivity index (χ4v) is 4.95. The number of phenols is 1. The summed E-state index contributed by atoms with van der Waals surface area (Å²) in [6.07, 6.45) is -0.613. The van der Waals surface area contributed by atoms with Crippen molar-refractivity contribution < 1.29 is 9.84 Å². The summed E-state index contributed by atoms with van der Waals surface area (Å²) in [5.74, 6) is 0.111. The molecule has 0 saturated heterocycles. The highest BCUT2D eigenvalue weighted by Gasteiger charge is 2.34. The zero-order valence-electron chi connectivity index (χ0n) is 20.1. The maximum absolute atomic E-state index is 13.5. The van der Waals surface area contributed by atoms with Gasteiger partial charge in [-0.3, -0.25) is 13.9 Å². The molecule has 0 bridgehead atoms. The van der Waals surface area contributed by atoms with E-state index in [0.29, 0.717) is 35.3 Å². The summed E-state index contributed by atoms with van der Waals surface area (Å²) in [4.78, 5) is 26.4. The van der Waals surface area contributed by atoms with Crippen LogP contribution in [-0.4, -0.2) is 25.4 Å². The van der Waals surface area contributed by atoms with Gasteiger partial charge < -0.3 is 14.4 Å². The molecule has 1 aliphatic rings. The SMILES string of the molecule is Cn1c(=O)c2c(-c3ccc(C(C)(C)C)cc3)n3c(c2n(C)c1=O)C(c1ccccc1O)OCC3. The van der Waals surface area contributed by atoms with Crippen LogP contribution in [0.15, 0.2) is 58.1 Å². The molecule has 3 heterocycles. The molecule has 0 fully saturated rings. The van der Waals surface area contributed by atoms with E-state index < -0.39 is 11.8 Å². The molecular formula is C27H29N3O4. The Labute approximate surface area is 197 Å². The largest absolute Gasteiger partial charge is 0.508 e. The Bertz CT molecular complexity index is 1530. The van der Waals surface area contributed by atoms with E-state index >= 15 is 0 Å². The zero-order chi connectivity index (χ0) is 24.4. The average Bonchev–Trinajstić information content (AvgIpc) is 3.17. The number of hydrogen-bond acceptors (Lipinski definition) is 4. The Morgan fingerprint density at radius 1 is 0.971 bits per heavy atom. The van der Waals surface area contributed by atoms with Gasteiger partial charge in [0.2, 0.25) is 0 Å². The van der Waals surface area contributed by atoms with Crippen LogP contribution in [0.4, 0.5) is 0 Å². The highest BCUT2D eigenvalue weighted by molar-refractivity contribution is 5.96. The number of nitrogens with zero attached hydrogens (tertiary/aromatic N) is 3. The normalized spacial score (nSPS) is 16.1. The number of aromatic hydroxyl groups is 1. The van der Waals surface area contributed by atoms with Crippen molar-refractivity contribution in [2.24, 2.45) is 14.1 Å². The van der Waals surface area contributed by atoms with Gasteiger partial charge in [0, 0.05) is 26.2 Å². The molecule has 176 valence electrons. The molecule has 1 unspecified atom stereocenters. The minimum Gasteiger partial charge on any atom is -0.508 e. The molecule has 4 aromatic rings. The van der Waals surface area contributed by atoms with Crippen LogP contribution < -0.4 is 11.2 Å². The van der Waals surface area contributed by atoms with Gasteiger partial charge in [0.25, 0.3) is 5.56 Å². The van der Waals surface area contributed by atoms with Crippen LogP contribution in [0, 0.1) is 0 Å². The van der Waals surface area contributed by atoms with Gasteiger partial charge in [0.15, 0.2) is 0 Å². The standard InChI is InChI=1S/C27H29N3O4/c1-27(2,3)17-12-10-16(11-13-17)21-20-22(28(4)26(33)29(5)25(20)32)23-24(34-15-14-30(21)23)18-8-6-7-9-19(18)31/h6-13,24,31H,14-15H2,1-5H3. The van der Waals surface area contributed by atoms with Crippen LogP contribution in [0.5, 0.6) is 5.75 Å². The molecule has 1 N–H and O–H groups in total. The molecule has 7 heteroatoms. The van der Waals surface area contributed by atoms with Gasteiger partial charge >= 0.3 is 5.69 Å². The number of hydrogen-bond donors (Lipinski definition) is 1. The van der Waals surface area contributed by atoms with Crippen molar-refractivity contribution in [3.63, 3.8) is 0 Å². The minimum atomic E-state index is -0.613. The zero-order valence-corrected chi connectivity index (χ0v) is 20.1. The van der Waals surface area contributed by atoms with Gasteiger partial charge in [-0.1, -0.05) is 63.2 Å².